The molecular weight excluding hydrogens is 393 g/mol. The average Bonchev–Trinajstić information content (AvgIpc) is 2.65. The Bertz CT molecular complexity index is 851. The van der Waals surface area contributed by atoms with Gasteiger partial charge in [-0.25, -0.2) is 4.79 Å². The number of nitrogens with zero attached hydrogens (tertiary/aromatic N) is 1. The standard InChI is InChI=1S/C19H17Cl2NO5/c1-22(10-12-5-6-15-16(9-12)26-8-7-25-15)17(23)11-27-19(24)18-13(20)3-2-4-14(18)21/h2-6,9H,7-8,10-11H2,1H3. The highest BCUT2D eigenvalue weighted by Crippen LogP contribution is 2.31. The van der Waals surface area contributed by atoms with Gasteiger partial charge in [0.2, 0.25) is 0 Å². The van der Waals surface area contributed by atoms with Crippen LogP contribution in [0.25, 0.3) is 0 Å². The lowest BCUT2D eigenvalue weighted by Crippen LogP contribution is -2.31. The largest absolute Gasteiger partial charge is 0.486 e. The SMILES string of the molecule is CN(Cc1ccc2c(c1)OCCO2)C(=O)COC(=O)c1c(Cl)cccc1Cl. The van der Waals surface area contributed by atoms with Crippen molar-refractivity contribution in [2.45, 2.75) is 6.54 Å². The number of halogens is 2. The molecule has 142 valence electrons. The maximum atomic E-state index is 12.3. The van der Waals surface area contributed by atoms with Crippen LogP contribution in [0.2, 0.25) is 10.0 Å². The van der Waals surface area contributed by atoms with Crippen molar-refractivity contribution in [3.8, 4) is 11.5 Å². The van der Waals surface area contributed by atoms with Crippen LogP contribution in [0.4, 0.5) is 0 Å². The second-order valence-corrected chi connectivity index (χ2v) is 6.72. The lowest BCUT2D eigenvalue weighted by atomic mass is 10.2. The van der Waals surface area contributed by atoms with Crippen molar-refractivity contribution in [1.82, 2.24) is 4.90 Å². The summed E-state index contributed by atoms with van der Waals surface area (Å²) in [5.41, 5.74) is 0.915. The smallest absolute Gasteiger partial charge is 0.341 e. The van der Waals surface area contributed by atoms with Gasteiger partial charge >= 0.3 is 5.97 Å². The second kappa shape index (κ2) is 8.50. The van der Waals surface area contributed by atoms with Gasteiger partial charge in [-0.3, -0.25) is 4.79 Å². The molecule has 0 aliphatic carbocycles. The molecule has 0 fully saturated rings. The van der Waals surface area contributed by atoms with Crippen molar-refractivity contribution in [1.29, 1.82) is 0 Å². The predicted octanol–water partition coefficient (Wildman–Crippen LogP) is 3.58. The molecule has 0 atom stereocenters. The molecule has 0 radical (unpaired) electrons. The maximum absolute atomic E-state index is 12.3. The molecule has 27 heavy (non-hydrogen) atoms. The van der Waals surface area contributed by atoms with Crippen LogP contribution in [-0.2, 0) is 16.1 Å². The van der Waals surface area contributed by atoms with Crippen LogP contribution < -0.4 is 9.47 Å². The number of amides is 1. The molecule has 0 spiro atoms. The first kappa shape index (κ1) is 19.3. The maximum Gasteiger partial charge on any atom is 0.341 e. The van der Waals surface area contributed by atoms with E-state index in [1.165, 1.54) is 17.0 Å². The molecule has 3 rings (SSSR count). The van der Waals surface area contributed by atoms with E-state index in [4.69, 9.17) is 37.4 Å². The van der Waals surface area contributed by atoms with Crippen molar-refractivity contribution in [3.05, 3.63) is 57.6 Å². The minimum Gasteiger partial charge on any atom is -0.486 e. The highest BCUT2D eigenvalue weighted by molar-refractivity contribution is 6.39. The fourth-order valence-corrected chi connectivity index (χ4v) is 3.10. The van der Waals surface area contributed by atoms with Gasteiger partial charge in [-0.15, -0.1) is 0 Å². The van der Waals surface area contributed by atoms with Crippen LogP contribution in [0.3, 0.4) is 0 Å². The average molecular weight is 410 g/mol. The van der Waals surface area contributed by atoms with E-state index in [0.29, 0.717) is 31.3 Å². The molecule has 0 bridgehead atoms. The molecule has 1 amide bonds. The summed E-state index contributed by atoms with van der Waals surface area (Å²) in [4.78, 5) is 25.9. The molecule has 2 aromatic carbocycles. The molecule has 0 N–H and O–H groups in total. The first-order valence-electron chi connectivity index (χ1n) is 8.19. The van der Waals surface area contributed by atoms with E-state index in [1.54, 1.807) is 13.1 Å². The summed E-state index contributed by atoms with van der Waals surface area (Å²) in [5, 5.41) is 0.342. The Morgan fingerprint density at radius 1 is 1.07 bits per heavy atom. The third-order valence-electron chi connectivity index (χ3n) is 3.95. The number of carbonyl (C=O) groups is 2. The number of esters is 1. The van der Waals surface area contributed by atoms with Gasteiger partial charge in [-0.1, -0.05) is 35.3 Å². The van der Waals surface area contributed by atoms with Crippen LogP contribution in [0.15, 0.2) is 36.4 Å². The van der Waals surface area contributed by atoms with Crippen LogP contribution in [0.5, 0.6) is 11.5 Å². The van der Waals surface area contributed by atoms with E-state index in [2.05, 4.69) is 0 Å². The van der Waals surface area contributed by atoms with Gasteiger partial charge < -0.3 is 19.1 Å². The van der Waals surface area contributed by atoms with E-state index >= 15 is 0 Å². The van der Waals surface area contributed by atoms with Crippen molar-refractivity contribution in [2.75, 3.05) is 26.9 Å². The molecular formula is C19H17Cl2NO5. The van der Waals surface area contributed by atoms with Gasteiger partial charge in [0.1, 0.15) is 13.2 Å². The molecule has 8 heteroatoms. The summed E-state index contributed by atoms with van der Waals surface area (Å²) in [5.74, 6) is 0.233. The van der Waals surface area contributed by atoms with E-state index < -0.39 is 12.6 Å². The lowest BCUT2D eigenvalue weighted by molar-refractivity contribution is -0.133. The van der Waals surface area contributed by atoms with Gasteiger partial charge in [0.25, 0.3) is 5.91 Å². The zero-order valence-corrected chi connectivity index (χ0v) is 16.0. The van der Waals surface area contributed by atoms with Crippen molar-refractivity contribution >= 4 is 35.1 Å². The molecule has 0 saturated heterocycles. The number of fused-ring (bicyclic) bond motifs is 1. The third-order valence-corrected chi connectivity index (χ3v) is 4.58. The summed E-state index contributed by atoms with van der Waals surface area (Å²) in [6, 6.07) is 10.2. The number of hydrogen-bond acceptors (Lipinski definition) is 5. The fourth-order valence-electron chi connectivity index (χ4n) is 2.55. The molecule has 1 aliphatic heterocycles. The molecule has 1 heterocycles. The number of carbonyl (C=O) groups excluding carboxylic acids is 2. The Labute approximate surface area is 166 Å². The fraction of sp³-hybridized carbons (Fsp3) is 0.263. The predicted molar refractivity (Wildman–Crippen MR) is 101 cm³/mol. The summed E-state index contributed by atoms with van der Waals surface area (Å²) in [6.45, 7) is 0.929. The Morgan fingerprint density at radius 3 is 2.44 bits per heavy atom. The van der Waals surface area contributed by atoms with Crippen molar-refractivity contribution < 1.29 is 23.8 Å². The summed E-state index contributed by atoms with van der Waals surface area (Å²) in [7, 11) is 1.62. The highest BCUT2D eigenvalue weighted by atomic mass is 35.5. The highest BCUT2D eigenvalue weighted by Gasteiger charge is 2.19. The van der Waals surface area contributed by atoms with Gasteiger partial charge in [-0.05, 0) is 29.8 Å². The third kappa shape index (κ3) is 4.64. The van der Waals surface area contributed by atoms with Crippen LogP contribution in [0, 0.1) is 0 Å². The first-order chi connectivity index (χ1) is 13.0. The summed E-state index contributed by atoms with van der Waals surface area (Å²) >= 11 is 11.9. The second-order valence-electron chi connectivity index (χ2n) is 5.90. The molecule has 2 aromatic rings. The number of benzene rings is 2. The molecule has 0 saturated carbocycles. The minimum absolute atomic E-state index is 0.0446. The van der Waals surface area contributed by atoms with E-state index in [9.17, 15) is 9.59 Å². The lowest BCUT2D eigenvalue weighted by Gasteiger charge is -2.21. The Kier molecular flexibility index (Phi) is 6.08. The van der Waals surface area contributed by atoms with E-state index in [0.717, 1.165) is 5.56 Å². The van der Waals surface area contributed by atoms with Gasteiger partial charge in [0.05, 0.1) is 15.6 Å². The van der Waals surface area contributed by atoms with Gasteiger partial charge in [-0.2, -0.15) is 0 Å². The zero-order valence-electron chi connectivity index (χ0n) is 14.5. The number of hydrogen-bond donors (Lipinski definition) is 0. The number of likely N-dealkylation sites (N-methyl/N-ethyl adjacent to an activating group) is 1. The molecule has 6 nitrogen and oxygen atoms in total. The Hall–Kier alpha value is -2.44. The van der Waals surface area contributed by atoms with Gasteiger partial charge in [0.15, 0.2) is 18.1 Å². The van der Waals surface area contributed by atoms with Crippen molar-refractivity contribution in [3.63, 3.8) is 0 Å². The number of ether oxygens (including phenoxy) is 3. The molecule has 0 aromatic heterocycles. The number of rotatable bonds is 5. The molecule has 1 aliphatic rings. The Balaban J connectivity index is 1.57. The van der Waals surface area contributed by atoms with E-state index in [1.807, 2.05) is 18.2 Å². The van der Waals surface area contributed by atoms with Crippen LogP contribution in [-0.4, -0.2) is 43.6 Å². The van der Waals surface area contributed by atoms with Crippen molar-refractivity contribution in [2.24, 2.45) is 0 Å². The topological polar surface area (TPSA) is 65.1 Å². The molecule has 0 unspecified atom stereocenters. The van der Waals surface area contributed by atoms with Crippen LogP contribution >= 0.6 is 23.2 Å². The monoisotopic (exact) mass is 409 g/mol. The van der Waals surface area contributed by atoms with Gasteiger partial charge in [0, 0.05) is 13.6 Å². The zero-order chi connectivity index (χ0) is 19.4. The Morgan fingerprint density at radius 2 is 1.74 bits per heavy atom. The normalized spacial score (nSPS) is 12.4. The van der Waals surface area contributed by atoms with E-state index in [-0.39, 0.29) is 21.5 Å². The quantitative estimate of drug-likeness (QED) is 0.706. The first-order valence-corrected chi connectivity index (χ1v) is 8.95. The van der Waals surface area contributed by atoms with Crippen LogP contribution in [0.1, 0.15) is 15.9 Å². The minimum atomic E-state index is -0.744. The summed E-state index contributed by atoms with van der Waals surface area (Å²) < 4.78 is 16.1. The summed E-state index contributed by atoms with van der Waals surface area (Å²) in [6.07, 6.45) is 0.